The number of pyridine rings is 1. The van der Waals surface area contributed by atoms with E-state index in [1.807, 2.05) is 6.07 Å². The highest BCUT2D eigenvalue weighted by Gasteiger charge is 2.23. The van der Waals surface area contributed by atoms with Crippen molar-refractivity contribution in [2.24, 2.45) is 0 Å². The fourth-order valence-electron chi connectivity index (χ4n) is 1.50. The van der Waals surface area contributed by atoms with Gasteiger partial charge in [-0.15, -0.1) is 0 Å². The van der Waals surface area contributed by atoms with Gasteiger partial charge in [-0.2, -0.15) is 5.26 Å². The van der Waals surface area contributed by atoms with E-state index in [9.17, 15) is 8.42 Å². The second-order valence-electron chi connectivity index (χ2n) is 4.15. The summed E-state index contributed by atoms with van der Waals surface area (Å²) in [5.74, 6) is 0. The van der Waals surface area contributed by atoms with Crippen molar-refractivity contribution in [3.63, 3.8) is 0 Å². The summed E-state index contributed by atoms with van der Waals surface area (Å²) >= 11 is 0. The van der Waals surface area contributed by atoms with E-state index in [2.05, 4.69) is 9.71 Å². The van der Waals surface area contributed by atoms with E-state index in [1.165, 1.54) is 0 Å². The fourth-order valence-corrected chi connectivity index (χ4v) is 2.97. The molecule has 17 heavy (non-hydrogen) atoms. The highest BCUT2D eigenvalue weighted by atomic mass is 32.2. The number of aryl methyl sites for hydroxylation is 2. The van der Waals surface area contributed by atoms with Gasteiger partial charge < -0.3 is 0 Å². The monoisotopic (exact) mass is 253 g/mol. The first-order valence-electron chi connectivity index (χ1n) is 5.18. The molecule has 0 aliphatic carbocycles. The van der Waals surface area contributed by atoms with Gasteiger partial charge in [0.15, 0.2) is 5.03 Å². The predicted molar refractivity (Wildman–Crippen MR) is 63.9 cm³/mol. The average molecular weight is 253 g/mol. The lowest BCUT2D eigenvalue weighted by Gasteiger charge is -2.11. The van der Waals surface area contributed by atoms with Crippen LogP contribution in [0.3, 0.4) is 0 Å². The molecule has 1 heterocycles. The standard InChI is InChI=1S/C11H15N3O2S/c1-7(2)14-17(15,16)11-10(6-12)8(3)5-9(4)13-11/h5,7,14H,1-4H3. The maximum atomic E-state index is 12.0. The van der Waals surface area contributed by atoms with Crippen LogP contribution in [0.15, 0.2) is 11.1 Å². The SMILES string of the molecule is Cc1cc(C)c(C#N)c(S(=O)(=O)NC(C)C)n1. The Morgan fingerprint density at radius 1 is 1.41 bits per heavy atom. The smallest absolute Gasteiger partial charge is 0.239 e. The highest BCUT2D eigenvalue weighted by Crippen LogP contribution is 2.17. The number of nitrogens with one attached hydrogen (secondary N) is 1. The molecule has 1 N–H and O–H groups in total. The van der Waals surface area contributed by atoms with Crippen molar-refractivity contribution in [1.29, 1.82) is 5.26 Å². The molecule has 0 radical (unpaired) electrons. The largest absolute Gasteiger partial charge is 0.259 e. The van der Waals surface area contributed by atoms with Gasteiger partial charge in [0, 0.05) is 11.7 Å². The van der Waals surface area contributed by atoms with Crippen molar-refractivity contribution >= 4 is 10.0 Å². The normalized spacial score (nSPS) is 11.5. The average Bonchev–Trinajstić information content (AvgIpc) is 2.14. The number of sulfonamides is 1. The summed E-state index contributed by atoms with van der Waals surface area (Å²) in [5.41, 5.74) is 1.29. The molecule has 0 saturated carbocycles. The lowest BCUT2D eigenvalue weighted by Crippen LogP contribution is -2.31. The van der Waals surface area contributed by atoms with Crippen LogP contribution >= 0.6 is 0 Å². The molecule has 0 spiro atoms. The van der Waals surface area contributed by atoms with E-state index in [0.29, 0.717) is 11.3 Å². The van der Waals surface area contributed by atoms with E-state index < -0.39 is 10.0 Å². The zero-order chi connectivity index (χ0) is 13.2. The number of aromatic nitrogens is 1. The van der Waals surface area contributed by atoms with Crippen molar-refractivity contribution in [2.45, 2.75) is 38.8 Å². The Morgan fingerprint density at radius 3 is 2.47 bits per heavy atom. The fraction of sp³-hybridized carbons (Fsp3) is 0.455. The quantitative estimate of drug-likeness (QED) is 0.879. The molecule has 0 aromatic carbocycles. The van der Waals surface area contributed by atoms with Gasteiger partial charge in [0.1, 0.15) is 6.07 Å². The van der Waals surface area contributed by atoms with Crippen LogP contribution in [-0.4, -0.2) is 19.4 Å². The Morgan fingerprint density at radius 2 is 2.00 bits per heavy atom. The van der Waals surface area contributed by atoms with Crippen molar-refractivity contribution < 1.29 is 8.42 Å². The van der Waals surface area contributed by atoms with E-state index in [0.717, 1.165) is 0 Å². The maximum absolute atomic E-state index is 12.0. The summed E-state index contributed by atoms with van der Waals surface area (Å²) in [6.45, 7) is 6.82. The molecule has 0 aliphatic heterocycles. The zero-order valence-corrected chi connectivity index (χ0v) is 11.1. The summed E-state index contributed by atoms with van der Waals surface area (Å²) in [7, 11) is -3.73. The second kappa shape index (κ2) is 4.82. The first kappa shape index (κ1) is 13.6. The molecule has 0 aliphatic rings. The van der Waals surface area contributed by atoms with Crippen LogP contribution in [0, 0.1) is 25.2 Å². The van der Waals surface area contributed by atoms with Gasteiger partial charge in [-0.25, -0.2) is 18.1 Å². The molecule has 1 rings (SSSR count). The van der Waals surface area contributed by atoms with Crippen LogP contribution in [-0.2, 0) is 10.0 Å². The van der Waals surface area contributed by atoms with Gasteiger partial charge in [-0.3, -0.25) is 0 Å². The van der Waals surface area contributed by atoms with E-state index in [1.54, 1.807) is 33.8 Å². The third-order valence-electron chi connectivity index (χ3n) is 2.07. The Labute approximate surface area is 102 Å². The summed E-state index contributed by atoms with van der Waals surface area (Å²) in [5, 5.41) is 8.82. The second-order valence-corrected chi connectivity index (χ2v) is 5.78. The highest BCUT2D eigenvalue weighted by molar-refractivity contribution is 7.89. The molecule has 92 valence electrons. The summed E-state index contributed by atoms with van der Waals surface area (Å²) in [6.07, 6.45) is 0. The van der Waals surface area contributed by atoms with Crippen LogP contribution in [0.5, 0.6) is 0 Å². The molecular weight excluding hydrogens is 238 g/mol. The van der Waals surface area contributed by atoms with E-state index in [-0.39, 0.29) is 16.6 Å². The van der Waals surface area contributed by atoms with Gasteiger partial charge >= 0.3 is 0 Å². The number of rotatable bonds is 3. The minimum atomic E-state index is -3.73. The Hall–Kier alpha value is -1.45. The van der Waals surface area contributed by atoms with Gasteiger partial charge in [0.2, 0.25) is 0 Å². The molecule has 1 aromatic heterocycles. The van der Waals surface area contributed by atoms with Crippen molar-refractivity contribution in [2.75, 3.05) is 0 Å². The van der Waals surface area contributed by atoms with Gasteiger partial charge in [-0.1, -0.05) is 0 Å². The topological polar surface area (TPSA) is 82.8 Å². The Balaban J connectivity index is 3.46. The van der Waals surface area contributed by atoms with Gasteiger partial charge in [-0.05, 0) is 39.3 Å². The van der Waals surface area contributed by atoms with Crippen LogP contribution in [0.2, 0.25) is 0 Å². The molecule has 0 amide bonds. The molecule has 0 fully saturated rings. The molecule has 1 aromatic rings. The van der Waals surface area contributed by atoms with Crippen molar-refractivity contribution in [3.05, 3.63) is 22.9 Å². The van der Waals surface area contributed by atoms with Crippen LogP contribution < -0.4 is 4.72 Å². The number of hydrogen-bond donors (Lipinski definition) is 1. The molecule has 0 saturated heterocycles. The Kier molecular flexibility index (Phi) is 3.86. The number of nitriles is 1. The van der Waals surface area contributed by atoms with Crippen LogP contribution in [0.4, 0.5) is 0 Å². The summed E-state index contributed by atoms with van der Waals surface area (Å²) < 4.78 is 26.4. The third kappa shape index (κ3) is 3.02. The van der Waals surface area contributed by atoms with Gasteiger partial charge in [0.05, 0.1) is 5.56 Å². The number of hydrogen-bond acceptors (Lipinski definition) is 4. The zero-order valence-electron chi connectivity index (χ0n) is 10.3. The molecule has 0 unspecified atom stereocenters. The minimum absolute atomic E-state index is 0.101. The van der Waals surface area contributed by atoms with Crippen LogP contribution in [0.1, 0.15) is 30.7 Å². The van der Waals surface area contributed by atoms with Crippen LogP contribution in [0.25, 0.3) is 0 Å². The maximum Gasteiger partial charge on any atom is 0.259 e. The Bertz CT molecular complexity index is 571. The predicted octanol–water partition coefficient (Wildman–Crippen LogP) is 1.26. The molecular formula is C11H15N3O2S. The summed E-state index contributed by atoms with van der Waals surface area (Å²) in [4.78, 5) is 3.96. The van der Waals surface area contributed by atoms with E-state index in [4.69, 9.17) is 5.26 Å². The molecule has 0 atom stereocenters. The minimum Gasteiger partial charge on any atom is -0.239 e. The number of nitrogens with zero attached hydrogens (tertiary/aromatic N) is 2. The third-order valence-corrected chi connectivity index (χ3v) is 3.65. The first-order chi connectivity index (χ1) is 7.77. The molecule has 0 bridgehead atoms. The van der Waals surface area contributed by atoms with E-state index >= 15 is 0 Å². The lowest BCUT2D eigenvalue weighted by atomic mass is 10.1. The molecule has 5 nitrogen and oxygen atoms in total. The molecule has 6 heteroatoms. The van der Waals surface area contributed by atoms with Crippen molar-refractivity contribution in [1.82, 2.24) is 9.71 Å². The first-order valence-corrected chi connectivity index (χ1v) is 6.67. The summed E-state index contributed by atoms with van der Waals surface area (Å²) in [6, 6.07) is 3.33. The van der Waals surface area contributed by atoms with Gasteiger partial charge in [0.25, 0.3) is 10.0 Å². The van der Waals surface area contributed by atoms with Crippen molar-refractivity contribution in [3.8, 4) is 6.07 Å². The lowest BCUT2D eigenvalue weighted by molar-refractivity contribution is 0.565.